The zero-order valence-corrected chi connectivity index (χ0v) is 21.1. The third-order valence-electron chi connectivity index (χ3n) is 5.49. The molecule has 3 nitrogen and oxygen atoms in total. The molecule has 2 rings (SSSR count). The fraction of sp³-hybridized carbons (Fsp3) is 0.583. The Morgan fingerprint density at radius 2 is 1.31 bits per heavy atom. The van der Waals surface area contributed by atoms with Crippen molar-refractivity contribution in [3.8, 4) is 0 Å². The van der Waals surface area contributed by atoms with Crippen molar-refractivity contribution in [3.63, 3.8) is 0 Å². The van der Waals surface area contributed by atoms with Crippen LogP contribution >= 0.6 is 0 Å². The molecular formula is C24H35NaO3S. The van der Waals surface area contributed by atoms with E-state index in [9.17, 15) is 13.0 Å². The van der Waals surface area contributed by atoms with Crippen molar-refractivity contribution in [1.82, 2.24) is 0 Å². The number of aryl methyl sites for hydroxylation is 1. The molecule has 0 bridgehead atoms. The first-order chi connectivity index (χ1) is 13.5. The minimum absolute atomic E-state index is 0. The van der Waals surface area contributed by atoms with Gasteiger partial charge in [-0.15, -0.1) is 0 Å². The normalized spacial score (nSPS) is 11.5. The molecule has 0 aliphatic heterocycles. The number of unbranched alkanes of at least 4 members (excludes halogenated alkanes) is 11. The van der Waals surface area contributed by atoms with Gasteiger partial charge in [-0.1, -0.05) is 102 Å². The van der Waals surface area contributed by atoms with Crippen LogP contribution in [0, 0.1) is 0 Å². The van der Waals surface area contributed by atoms with Gasteiger partial charge in [0.15, 0.2) is 0 Å². The number of benzene rings is 2. The maximum atomic E-state index is 11.5. The second kappa shape index (κ2) is 14.6. The fourth-order valence-corrected chi connectivity index (χ4v) is 4.53. The summed E-state index contributed by atoms with van der Waals surface area (Å²) in [6.07, 6.45) is 16.8. The van der Waals surface area contributed by atoms with E-state index in [-0.39, 0.29) is 34.5 Å². The number of hydrogen-bond donors (Lipinski definition) is 0. The van der Waals surface area contributed by atoms with Crippen molar-refractivity contribution >= 4 is 20.9 Å². The van der Waals surface area contributed by atoms with Crippen LogP contribution in [0.2, 0.25) is 0 Å². The molecule has 5 heteroatoms. The van der Waals surface area contributed by atoms with Crippen molar-refractivity contribution in [1.29, 1.82) is 0 Å². The second-order valence-corrected chi connectivity index (χ2v) is 9.25. The predicted molar refractivity (Wildman–Crippen MR) is 117 cm³/mol. The molecule has 0 fully saturated rings. The van der Waals surface area contributed by atoms with Gasteiger partial charge in [0.05, 0.1) is 4.90 Å². The molecule has 0 aliphatic rings. The molecule has 156 valence electrons. The van der Waals surface area contributed by atoms with Crippen LogP contribution < -0.4 is 29.6 Å². The van der Waals surface area contributed by atoms with Gasteiger partial charge in [-0.25, -0.2) is 8.42 Å². The Labute approximate surface area is 199 Å². The van der Waals surface area contributed by atoms with E-state index in [1.165, 1.54) is 76.7 Å². The van der Waals surface area contributed by atoms with Crippen molar-refractivity contribution < 1.29 is 42.5 Å². The monoisotopic (exact) mass is 426 g/mol. The minimum atomic E-state index is -4.44. The third-order valence-corrected chi connectivity index (χ3v) is 6.39. The molecule has 0 N–H and O–H groups in total. The smallest absolute Gasteiger partial charge is 0.744 e. The Kier molecular flexibility index (Phi) is 13.4. The van der Waals surface area contributed by atoms with Gasteiger partial charge in [-0.3, -0.25) is 0 Å². The van der Waals surface area contributed by atoms with E-state index >= 15 is 0 Å². The van der Waals surface area contributed by atoms with Gasteiger partial charge in [0, 0.05) is 0 Å². The zero-order valence-electron chi connectivity index (χ0n) is 18.3. The number of rotatable bonds is 14. The fourth-order valence-electron chi connectivity index (χ4n) is 3.83. The molecule has 0 atom stereocenters. The third kappa shape index (κ3) is 9.97. The molecule has 29 heavy (non-hydrogen) atoms. The van der Waals surface area contributed by atoms with E-state index in [1.54, 1.807) is 6.07 Å². The van der Waals surface area contributed by atoms with Crippen LogP contribution in [0.15, 0.2) is 41.3 Å². The van der Waals surface area contributed by atoms with Gasteiger partial charge in [0.1, 0.15) is 10.1 Å². The molecule has 0 heterocycles. The Hall–Kier alpha value is -0.390. The minimum Gasteiger partial charge on any atom is -0.744 e. The Balaban J connectivity index is 0.00000420. The molecule has 0 aromatic heterocycles. The maximum Gasteiger partial charge on any atom is 1.00 e. The van der Waals surface area contributed by atoms with Gasteiger partial charge in [-0.05, 0) is 41.3 Å². The van der Waals surface area contributed by atoms with Crippen LogP contribution in [0.25, 0.3) is 10.8 Å². The Morgan fingerprint density at radius 3 is 1.86 bits per heavy atom. The number of fused-ring (bicyclic) bond motifs is 1. The van der Waals surface area contributed by atoms with Crippen LogP contribution in [0.3, 0.4) is 0 Å². The standard InChI is InChI=1S/C24H36O3S.Na/c1-2-3-4-5-6-7-8-9-10-11-12-13-15-21-18-19-22-16-14-17-24(23(22)20-21)28(25,26)27;/h14,16-20H,2-13,15H2,1H3,(H,25,26,27);/q;+1/p-1. The summed E-state index contributed by atoms with van der Waals surface area (Å²) in [7, 11) is -4.44. The molecule has 0 radical (unpaired) electrons. The van der Waals surface area contributed by atoms with E-state index in [4.69, 9.17) is 0 Å². The largest absolute Gasteiger partial charge is 1.00 e. The first kappa shape index (κ1) is 26.6. The van der Waals surface area contributed by atoms with Crippen LogP contribution in [0.4, 0.5) is 0 Å². The second-order valence-electron chi connectivity index (χ2n) is 7.90. The van der Waals surface area contributed by atoms with E-state index in [0.29, 0.717) is 5.39 Å². The maximum absolute atomic E-state index is 11.5. The summed E-state index contributed by atoms with van der Waals surface area (Å²) >= 11 is 0. The van der Waals surface area contributed by atoms with Gasteiger partial charge in [-0.2, -0.15) is 0 Å². The van der Waals surface area contributed by atoms with E-state index < -0.39 is 10.1 Å². The SMILES string of the molecule is CCCCCCCCCCCCCCc1ccc2cccc(S(=O)(=O)[O-])c2c1.[Na+]. The molecule has 0 amide bonds. The summed E-state index contributed by atoms with van der Waals surface area (Å²) in [6, 6.07) is 10.7. The summed E-state index contributed by atoms with van der Waals surface area (Å²) < 4.78 is 34.4. The van der Waals surface area contributed by atoms with E-state index in [0.717, 1.165) is 23.8 Å². The van der Waals surface area contributed by atoms with Crippen molar-refractivity contribution in [2.75, 3.05) is 0 Å². The van der Waals surface area contributed by atoms with Crippen molar-refractivity contribution in [3.05, 3.63) is 42.0 Å². The average molecular weight is 427 g/mol. The van der Waals surface area contributed by atoms with Crippen molar-refractivity contribution in [2.45, 2.75) is 95.3 Å². The van der Waals surface area contributed by atoms with Crippen LogP contribution in [0.5, 0.6) is 0 Å². The first-order valence-corrected chi connectivity index (χ1v) is 12.4. The molecule has 2 aromatic carbocycles. The van der Waals surface area contributed by atoms with Crippen molar-refractivity contribution in [2.24, 2.45) is 0 Å². The molecule has 0 unspecified atom stereocenters. The summed E-state index contributed by atoms with van der Waals surface area (Å²) in [5.41, 5.74) is 1.11. The molecule has 0 saturated carbocycles. The predicted octanol–water partition coefficient (Wildman–Crippen LogP) is 3.99. The molecule has 0 saturated heterocycles. The summed E-state index contributed by atoms with van der Waals surface area (Å²) in [5, 5.41) is 1.35. The summed E-state index contributed by atoms with van der Waals surface area (Å²) in [6.45, 7) is 2.26. The first-order valence-electron chi connectivity index (χ1n) is 11.0. The molecule has 0 aliphatic carbocycles. The van der Waals surface area contributed by atoms with E-state index in [1.807, 2.05) is 24.3 Å². The molecular weight excluding hydrogens is 391 g/mol. The number of hydrogen-bond acceptors (Lipinski definition) is 3. The summed E-state index contributed by atoms with van der Waals surface area (Å²) in [4.78, 5) is -0.110. The van der Waals surface area contributed by atoms with Gasteiger partial charge >= 0.3 is 29.6 Å². The zero-order chi connectivity index (χ0) is 20.2. The van der Waals surface area contributed by atoms with Crippen LogP contribution in [-0.2, 0) is 16.5 Å². The Morgan fingerprint density at radius 1 is 0.759 bits per heavy atom. The van der Waals surface area contributed by atoms with Crippen LogP contribution in [0.1, 0.15) is 89.5 Å². The van der Waals surface area contributed by atoms with Crippen LogP contribution in [-0.4, -0.2) is 13.0 Å². The Bertz CT molecular complexity index is 818. The van der Waals surface area contributed by atoms with Gasteiger partial charge in [0.2, 0.25) is 0 Å². The quantitative estimate of drug-likeness (QED) is 0.261. The average Bonchev–Trinajstić information content (AvgIpc) is 2.67. The van der Waals surface area contributed by atoms with Gasteiger partial charge < -0.3 is 4.55 Å². The van der Waals surface area contributed by atoms with E-state index in [2.05, 4.69) is 6.92 Å². The molecule has 0 spiro atoms. The molecule has 2 aromatic rings. The topological polar surface area (TPSA) is 57.2 Å². The van der Waals surface area contributed by atoms with Gasteiger partial charge in [0.25, 0.3) is 0 Å². The summed E-state index contributed by atoms with van der Waals surface area (Å²) in [5.74, 6) is 0.